The van der Waals surface area contributed by atoms with Crippen LogP contribution in [0.25, 0.3) is 0 Å². The third kappa shape index (κ3) is 1.49. The zero-order valence-corrected chi connectivity index (χ0v) is 6.13. The van der Waals surface area contributed by atoms with E-state index in [4.69, 9.17) is 10.5 Å². The standard InChI is InChI=1S/C8H8NO2/c1-11-7-5-3-2-4-6(7)8(9)10/h2-3,5H,1H3,(H2,9,10). The van der Waals surface area contributed by atoms with Crippen LogP contribution in [0.3, 0.4) is 0 Å². The van der Waals surface area contributed by atoms with Crippen LogP contribution in [0, 0.1) is 6.07 Å². The number of benzene rings is 1. The minimum absolute atomic E-state index is 0.287. The van der Waals surface area contributed by atoms with E-state index in [0.717, 1.165) is 0 Å². The van der Waals surface area contributed by atoms with Gasteiger partial charge in [-0.1, -0.05) is 12.1 Å². The maximum absolute atomic E-state index is 10.7. The molecule has 0 aliphatic rings. The summed E-state index contributed by atoms with van der Waals surface area (Å²) in [6.45, 7) is 0. The van der Waals surface area contributed by atoms with Gasteiger partial charge in [0.1, 0.15) is 5.75 Å². The van der Waals surface area contributed by atoms with E-state index in [-0.39, 0.29) is 5.56 Å². The number of nitrogens with two attached hydrogens (primary N) is 1. The minimum atomic E-state index is -0.526. The number of carbonyl (C=O) groups excluding carboxylic acids is 1. The van der Waals surface area contributed by atoms with Crippen LogP contribution < -0.4 is 10.5 Å². The summed E-state index contributed by atoms with van der Waals surface area (Å²) in [5, 5.41) is 0. The summed E-state index contributed by atoms with van der Waals surface area (Å²) in [7, 11) is 1.48. The summed E-state index contributed by atoms with van der Waals surface area (Å²) in [5.41, 5.74) is 5.33. The lowest BCUT2D eigenvalue weighted by molar-refractivity contribution is 0.0997. The fraction of sp³-hybridized carbons (Fsp3) is 0.125. The Hall–Kier alpha value is -1.51. The highest BCUT2D eigenvalue weighted by Gasteiger charge is 2.05. The average Bonchev–Trinajstić information content (AvgIpc) is 2.04. The van der Waals surface area contributed by atoms with Gasteiger partial charge in [0.05, 0.1) is 12.7 Å². The Balaban J connectivity index is 3.12. The Morgan fingerprint density at radius 2 is 2.45 bits per heavy atom. The molecule has 57 valence electrons. The van der Waals surface area contributed by atoms with Gasteiger partial charge in [0.15, 0.2) is 0 Å². The van der Waals surface area contributed by atoms with Crippen molar-refractivity contribution in [3.8, 4) is 5.75 Å². The molecule has 3 heteroatoms. The summed E-state index contributed by atoms with van der Waals surface area (Å²) < 4.78 is 4.87. The van der Waals surface area contributed by atoms with E-state index in [9.17, 15) is 4.79 Å². The Bertz CT molecular complexity index is 271. The van der Waals surface area contributed by atoms with Crippen LogP contribution in [0.5, 0.6) is 5.75 Å². The number of methoxy groups -OCH3 is 1. The van der Waals surface area contributed by atoms with Gasteiger partial charge in [-0.2, -0.15) is 0 Å². The number of amides is 1. The predicted molar refractivity (Wildman–Crippen MR) is 40.3 cm³/mol. The monoisotopic (exact) mass is 150 g/mol. The normalized spacial score (nSPS) is 9.18. The van der Waals surface area contributed by atoms with Crippen LogP contribution >= 0.6 is 0 Å². The molecule has 1 aromatic carbocycles. The highest BCUT2D eigenvalue weighted by Crippen LogP contribution is 2.14. The molecule has 0 aliphatic carbocycles. The smallest absolute Gasteiger partial charge is 0.253 e. The second-order valence-electron chi connectivity index (χ2n) is 1.98. The molecule has 1 amide bonds. The molecule has 1 aromatic rings. The molecular weight excluding hydrogens is 142 g/mol. The molecule has 0 bridgehead atoms. The molecular formula is C8H8NO2. The number of carbonyl (C=O) groups is 1. The van der Waals surface area contributed by atoms with E-state index in [1.165, 1.54) is 7.11 Å². The summed E-state index contributed by atoms with van der Waals surface area (Å²) in [6, 6.07) is 7.69. The van der Waals surface area contributed by atoms with E-state index in [2.05, 4.69) is 6.07 Å². The van der Waals surface area contributed by atoms with Crippen molar-refractivity contribution in [2.75, 3.05) is 7.11 Å². The van der Waals surface area contributed by atoms with Gasteiger partial charge in [0.25, 0.3) is 5.91 Å². The van der Waals surface area contributed by atoms with Gasteiger partial charge in [0, 0.05) is 0 Å². The van der Waals surface area contributed by atoms with E-state index in [0.29, 0.717) is 5.75 Å². The largest absolute Gasteiger partial charge is 0.496 e. The molecule has 1 rings (SSSR count). The fourth-order valence-electron chi connectivity index (χ4n) is 0.784. The molecule has 0 saturated carbocycles. The third-order valence-electron chi connectivity index (χ3n) is 1.28. The lowest BCUT2D eigenvalue weighted by Gasteiger charge is -2.02. The van der Waals surface area contributed by atoms with E-state index >= 15 is 0 Å². The average molecular weight is 150 g/mol. The third-order valence-corrected chi connectivity index (χ3v) is 1.28. The van der Waals surface area contributed by atoms with Crippen molar-refractivity contribution < 1.29 is 9.53 Å². The van der Waals surface area contributed by atoms with Gasteiger partial charge in [-0.05, 0) is 12.1 Å². The van der Waals surface area contributed by atoms with Crippen LogP contribution in [-0.4, -0.2) is 13.0 Å². The number of rotatable bonds is 2. The Labute approximate surface area is 64.8 Å². The summed E-state index contributed by atoms with van der Waals surface area (Å²) in [6.07, 6.45) is 0. The Morgan fingerprint density at radius 1 is 1.73 bits per heavy atom. The lowest BCUT2D eigenvalue weighted by atomic mass is 10.2. The molecule has 0 spiro atoms. The first-order chi connectivity index (χ1) is 5.25. The van der Waals surface area contributed by atoms with Gasteiger partial charge in [-0.25, -0.2) is 0 Å². The second kappa shape index (κ2) is 3.05. The SMILES string of the molecule is COc1ccc[c]c1C(N)=O. The van der Waals surface area contributed by atoms with Gasteiger partial charge in [-0.3, -0.25) is 4.79 Å². The maximum Gasteiger partial charge on any atom is 0.253 e. The lowest BCUT2D eigenvalue weighted by Crippen LogP contribution is -2.12. The predicted octanol–water partition coefficient (Wildman–Crippen LogP) is 0.594. The molecule has 2 N–H and O–H groups in total. The first kappa shape index (κ1) is 7.60. The van der Waals surface area contributed by atoms with Gasteiger partial charge in [0.2, 0.25) is 0 Å². The molecule has 0 atom stereocenters. The van der Waals surface area contributed by atoms with Crippen molar-refractivity contribution in [3.05, 3.63) is 29.8 Å². The zero-order valence-electron chi connectivity index (χ0n) is 6.13. The van der Waals surface area contributed by atoms with Crippen LogP contribution in [0.4, 0.5) is 0 Å². The van der Waals surface area contributed by atoms with Crippen LogP contribution in [0.15, 0.2) is 18.2 Å². The molecule has 3 nitrogen and oxygen atoms in total. The first-order valence-corrected chi connectivity index (χ1v) is 3.10. The first-order valence-electron chi connectivity index (χ1n) is 3.10. The van der Waals surface area contributed by atoms with Crippen molar-refractivity contribution in [1.29, 1.82) is 0 Å². The second-order valence-corrected chi connectivity index (χ2v) is 1.98. The quantitative estimate of drug-likeness (QED) is 0.671. The summed E-state index contributed by atoms with van der Waals surface area (Å²) in [4.78, 5) is 10.7. The Kier molecular flexibility index (Phi) is 2.11. The molecule has 11 heavy (non-hydrogen) atoms. The van der Waals surface area contributed by atoms with Gasteiger partial charge < -0.3 is 10.5 Å². The van der Waals surface area contributed by atoms with Crippen molar-refractivity contribution in [2.45, 2.75) is 0 Å². The maximum atomic E-state index is 10.7. The molecule has 0 aliphatic heterocycles. The molecule has 0 aromatic heterocycles. The number of hydrogen-bond acceptors (Lipinski definition) is 2. The number of primary amides is 1. The van der Waals surface area contributed by atoms with Crippen molar-refractivity contribution in [2.24, 2.45) is 5.73 Å². The van der Waals surface area contributed by atoms with E-state index in [1.54, 1.807) is 18.2 Å². The summed E-state index contributed by atoms with van der Waals surface area (Å²) >= 11 is 0. The van der Waals surface area contributed by atoms with Gasteiger partial charge in [-0.15, -0.1) is 0 Å². The van der Waals surface area contributed by atoms with Crippen molar-refractivity contribution >= 4 is 5.91 Å². The highest BCUT2D eigenvalue weighted by molar-refractivity contribution is 5.95. The highest BCUT2D eigenvalue weighted by atomic mass is 16.5. The van der Waals surface area contributed by atoms with Gasteiger partial charge >= 0.3 is 0 Å². The van der Waals surface area contributed by atoms with Crippen molar-refractivity contribution in [1.82, 2.24) is 0 Å². The van der Waals surface area contributed by atoms with Crippen LogP contribution in [0.2, 0.25) is 0 Å². The minimum Gasteiger partial charge on any atom is -0.496 e. The van der Waals surface area contributed by atoms with Crippen LogP contribution in [-0.2, 0) is 0 Å². The molecule has 0 heterocycles. The zero-order chi connectivity index (χ0) is 8.27. The number of hydrogen-bond donors (Lipinski definition) is 1. The van der Waals surface area contributed by atoms with Crippen LogP contribution in [0.1, 0.15) is 10.4 Å². The van der Waals surface area contributed by atoms with Crippen molar-refractivity contribution in [3.63, 3.8) is 0 Å². The number of ether oxygens (including phenoxy) is 1. The Morgan fingerprint density at radius 3 is 2.91 bits per heavy atom. The summed E-state index contributed by atoms with van der Waals surface area (Å²) in [5.74, 6) is -0.0672. The molecule has 0 fully saturated rings. The molecule has 1 radical (unpaired) electrons. The molecule has 0 unspecified atom stereocenters. The molecule has 0 saturated heterocycles. The fourth-order valence-corrected chi connectivity index (χ4v) is 0.784. The topological polar surface area (TPSA) is 52.3 Å². The van der Waals surface area contributed by atoms with E-state index < -0.39 is 5.91 Å². The van der Waals surface area contributed by atoms with E-state index in [1.807, 2.05) is 0 Å².